The van der Waals surface area contributed by atoms with Gasteiger partial charge >= 0.3 is 0 Å². The molecule has 3 aromatic heterocycles. The molecule has 0 aromatic carbocycles. The molecule has 0 N–H and O–H groups in total. The van der Waals surface area contributed by atoms with Crippen LogP contribution in [0.25, 0.3) is 0 Å². The van der Waals surface area contributed by atoms with Crippen molar-refractivity contribution in [3.05, 3.63) is 60.1 Å². The van der Waals surface area contributed by atoms with Gasteiger partial charge in [-0.2, -0.15) is 5.10 Å². The van der Waals surface area contributed by atoms with Crippen molar-refractivity contribution >= 4 is 5.91 Å². The molecule has 0 aliphatic carbocycles. The third-order valence-electron chi connectivity index (χ3n) is 5.14. The van der Waals surface area contributed by atoms with Gasteiger partial charge in [-0.1, -0.05) is 0 Å². The molecule has 1 saturated heterocycles. The van der Waals surface area contributed by atoms with Gasteiger partial charge in [-0.25, -0.2) is 4.98 Å². The fourth-order valence-electron chi connectivity index (χ4n) is 3.57. The van der Waals surface area contributed by atoms with Gasteiger partial charge in [0.15, 0.2) is 5.75 Å². The zero-order valence-corrected chi connectivity index (χ0v) is 16.7. The Balaban J connectivity index is 1.54. The third kappa shape index (κ3) is 4.11. The molecule has 0 bridgehead atoms. The first-order valence-corrected chi connectivity index (χ1v) is 9.88. The first-order valence-electron chi connectivity index (χ1n) is 9.88. The van der Waals surface area contributed by atoms with E-state index in [1.54, 1.807) is 29.3 Å². The Bertz CT molecular complexity index is 1000. The van der Waals surface area contributed by atoms with Crippen molar-refractivity contribution in [2.24, 2.45) is 0 Å². The summed E-state index contributed by atoms with van der Waals surface area (Å²) in [5, 5.41) is 4.35. The number of piperidine rings is 1. The van der Waals surface area contributed by atoms with Crippen molar-refractivity contribution in [1.82, 2.24) is 29.6 Å². The number of rotatable bonds is 5. The van der Waals surface area contributed by atoms with E-state index >= 15 is 0 Å². The number of nitrogens with zero attached hydrogens (tertiary/aromatic N) is 6. The number of amides is 1. The van der Waals surface area contributed by atoms with E-state index in [1.165, 1.54) is 0 Å². The molecule has 0 radical (unpaired) electrons. The molecule has 29 heavy (non-hydrogen) atoms. The smallest absolute Gasteiger partial charge is 0.274 e. The van der Waals surface area contributed by atoms with E-state index in [-0.39, 0.29) is 11.8 Å². The van der Waals surface area contributed by atoms with E-state index < -0.39 is 0 Å². The highest BCUT2D eigenvalue weighted by Gasteiger charge is 2.29. The minimum absolute atomic E-state index is 0.0450. The van der Waals surface area contributed by atoms with Crippen LogP contribution >= 0.6 is 0 Å². The molecule has 1 aliphatic heterocycles. The van der Waals surface area contributed by atoms with Crippen LogP contribution in [0.2, 0.25) is 0 Å². The molecule has 8 nitrogen and oxygen atoms in total. The van der Waals surface area contributed by atoms with Crippen molar-refractivity contribution in [3.8, 4) is 11.6 Å². The van der Waals surface area contributed by atoms with E-state index in [4.69, 9.17) is 4.74 Å². The topological polar surface area (TPSA) is 86.0 Å². The highest BCUT2D eigenvalue weighted by molar-refractivity contribution is 5.92. The number of carbonyl (C=O) groups excluding carboxylic acids is 1. The highest BCUT2D eigenvalue weighted by atomic mass is 16.5. The molecule has 150 valence electrons. The number of pyridine rings is 1. The summed E-state index contributed by atoms with van der Waals surface area (Å²) in [4.78, 5) is 28.0. The molecule has 0 saturated carbocycles. The van der Waals surface area contributed by atoms with Gasteiger partial charge in [0.25, 0.3) is 5.91 Å². The summed E-state index contributed by atoms with van der Waals surface area (Å²) < 4.78 is 7.80. The van der Waals surface area contributed by atoms with Crippen LogP contribution in [0.1, 0.15) is 47.6 Å². The highest BCUT2D eigenvalue weighted by Crippen LogP contribution is 2.33. The second kappa shape index (κ2) is 8.38. The van der Waals surface area contributed by atoms with Crippen molar-refractivity contribution in [1.29, 1.82) is 0 Å². The Hall–Kier alpha value is -3.29. The van der Waals surface area contributed by atoms with Gasteiger partial charge in [0.05, 0.1) is 5.69 Å². The van der Waals surface area contributed by atoms with Gasteiger partial charge in [0, 0.05) is 50.3 Å². The van der Waals surface area contributed by atoms with E-state index in [9.17, 15) is 4.79 Å². The molecular formula is C21H24N6O2. The molecule has 4 heterocycles. The molecule has 1 fully saturated rings. The second-order valence-corrected chi connectivity index (χ2v) is 7.08. The molecule has 0 unspecified atom stereocenters. The molecule has 8 heteroatoms. The van der Waals surface area contributed by atoms with Crippen molar-refractivity contribution in [3.63, 3.8) is 0 Å². The predicted octanol–water partition coefficient (Wildman–Crippen LogP) is 3.21. The van der Waals surface area contributed by atoms with Crippen LogP contribution < -0.4 is 4.74 Å². The fourth-order valence-corrected chi connectivity index (χ4v) is 3.57. The van der Waals surface area contributed by atoms with Crippen LogP contribution in [0.5, 0.6) is 11.6 Å². The van der Waals surface area contributed by atoms with E-state index in [2.05, 4.69) is 20.1 Å². The summed E-state index contributed by atoms with van der Waals surface area (Å²) in [6.07, 6.45) is 8.67. The summed E-state index contributed by atoms with van der Waals surface area (Å²) in [6.45, 7) is 5.91. The number of ether oxygens (including phenoxy) is 1. The van der Waals surface area contributed by atoms with Gasteiger partial charge in [0.2, 0.25) is 5.88 Å². The first-order chi connectivity index (χ1) is 14.2. The van der Waals surface area contributed by atoms with E-state index in [1.807, 2.05) is 37.1 Å². The van der Waals surface area contributed by atoms with Crippen LogP contribution in [-0.4, -0.2) is 48.6 Å². The lowest BCUT2D eigenvalue weighted by atomic mass is 9.94. The van der Waals surface area contributed by atoms with Crippen LogP contribution in [0.3, 0.4) is 0 Å². The molecule has 1 aliphatic rings. The number of hydrogen-bond acceptors (Lipinski definition) is 6. The van der Waals surface area contributed by atoms with Crippen LogP contribution in [0, 0.1) is 6.92 Å². The number of likely N-dealkylation sites (tertiary alicyclic amines) is 1. The van der Waals surface area contributed by atoms with Gasteiger partial charge in [-0.05, 0) is 44.9 Å². The zero-order chi connectivity index (χ0) is 20.2. The number of aryl methyl sites for hydroxylation is 2. The Labute approximate surface area is 169 Å². The normalized spacial score (nSPS) is 16.6. The number of carbonyl (C=O) groups is 1. The lowest BCUT2D eigenvalue weighted by molar-refractivity contribution is 0.0698. The van der Waals surface area contributed by atoms with Crippen LogP contribution in [-0.2, 0) is 6.54 Å². The molecular weight excluding hydrogens is 368 g/mol. The molecule has 0 spiro atoms. The minimum Gasteiger partial charge on any atom is -0.435 e. The Morgan fingerprint density at radius 1 is 1.21 bits per heavy atom. The van der Waals surface area contributed by atoms with Crippen molar-refractivity contribution < 1.29 is 9.53 Å². The van der Waals surface area contributed by atoms with Gasteiger partial charge < -0.3 is 9.64 Å². The fraction of sp³-hybridized carbons (Fsp3) is 0.381. The summed E-state index contributed by atoms with van der Waals surface area (Å²) in [7, 11) is 0. The van der Waals surface area contributed by atoms with Gasteiger partial charge in [0.1, 0.15) is 11.4 Å². The lowest BCUT2D eigenvalue weighted by Gasteiger charge is -2.32. The SMILES string of the molecule is CCn1ccc(C(=O)N2CCC[C@H](c3nccnc3Oc3cccnc3C)C2)n1. The standard InChI is InChI=1S/C21H24N6O2/c1-3-27-13-8-17(25-27)21(28)26-12-5-6-16(14-26)19-20(24-11-10-23-19)29-18-7-4-9-22-15(18)2/h4,7-11,13,16H,3,5-6,12,14H2,1-2H3/t16-/m0/s1. The summed E-state index contributed by atoms with van der Waals surface area (Å²) >= 11 is 0. The minimum atomic E-state index is -0.0450. The van der Waals surface area contributed by atoms with Crippen LogP contribution in [0.4, 0.5) is 0 Å². The summed E-state index contributed by atoms with van der Waals surface area (Å²) in [5.41, 5.74) is 2.04. The maximum atomic E-state index is 12.9. The van der Waals surface area contributed by atoms with E-state index in [0.29, 0.717) is 30.4 Å². The molecule has 1 atom stereocenters. The molecule has 4 rings (SSSR count). The van der Waals surface area contributed by atoms with Gasteiger partial charge in [-0.15, -0.1) is 0 Å². The third-order valence-corrected chi connectivity index (χ3v) is 5.14. The predicted molar refractivity (Wildman–Crippen MR) is 107 cm³/mol. The molecule has 1 amide bonds. The number of aromatic nitrogens is 5. The van der Waals surface area contributed by atoms with Crippen LogP contribution in [0.15, 0.2) is 43.0 Å². The Morgan fingerprint density at radius 3 is 2.86 bits per heavy atom. The zero-order valence-electron chi connectivity index (χ0n) is 16.7. The van der Waals surface area contributed by atoms with Gasteiger partial charge in [-0.3, -0.25) is 19.4 Å². The monoisotopic (exact) mass is 392 g/mol. The Morgan fingerprint density at radius 2 is 2.07 bits per heavy atom. The average molecular weight is 392 g/mol. The average Bonchev–Trinajstić information content (AvgIpc) is 3.25. The first kappa shape index (κ1) is 19.0. The van der Waals surface area contributed by atoms with Crippen molar-refractivity contribution in [2.75, 3.05) is 13.1 Å². The maximum Gasteiger partial charge on any atom is 0.274 e. The summed E-state index contributed by atoms with van der Waals surface area (Å²) in [5.74, 6) is 1.14. The lowest BCUT2D eigenvalue weighted by Crippen LogP contribution is -2.39. The Kier molecular flexibility index (Phi) is 5.50. The molecule has 3 aromatic rings. The van der Waals surface area contributed by atoms with Crippen molar-refractivity contribution in [2.45, 2.75) is 39.2 Å². The number of hydrogen-bond donors (Lipinski definition) is 0. The van der Waals surface area contributed by atoms with E-state index in [0.717, 1.165) is 30.8 Å². The quantitative estimate of drug-likeness (QED) is 0.663. The largest absolute Gasteiger partial charge is 0.435 e. The maximum absolute atomic E-state index is 12.9. The summed E-state index contributed by atoms with van der Waals surface area (Å²) in [6, 6.07) is 5.47. The second-order valence-electron chi connectivity index (χ2n) is 7.08.